The highest BCUT2D eigenvalue weighted by Crippen LogP contribution is 2.34. The molecule has 66 heavy (non-hydrogen) atoms. The Morgan fingerprint density at radius 3 is 1.48 bits per heavy atom. The van der Waals surface area contributed by atoms with Crippen LogP contribution in [0.4, 0.5) is 20.2 Å². The smallest absolute Gasteiger partial charge is 0.314 e. The van der Waals surface area contributed by atoms with Gasteiger partial charge < -0.3 is 20.0 Å². The zero-order valence-electron chi connectivity index (χ0n) is 36.8. The standard InChI is InChI=1S/C24H27F2N5O3S.C23H30N4O3S/c25-22(26)24-29-28-23(34-24)17-9-10-18(27-15-17)16-31(20-5-2-1-3-6-20)35(32,33)21-11-13-30(14-12-21)19-7-4-8-19;24-15-23(28)18-9-10-19(25-16-18)17-27(21-5-2-1-3-6-21)31(29,30)22-11-13-26(14-12-22)20-7-4-8-20/h1-3,5-6,9-10,15,19,21-22H,4,7-8,11-14,16H2;1-3,5-6,9-10,16,20,22H,4,7-8,11-15,17,24H2. The van der Waals surface area contributed by atoms with Crippen molar-refractivity contribution in [1.29, 1.82) is 0 Å². The maximum Gasteiger partial charge on any atom is 0.314 e. The number of Topliss-reactive ketones (excluding diaryl/α,β-unsaturated/α-hetero) is 1. The Balaban J connectivity index is 0.000000181. The van der Waals surface area contributed by atoms with Gasteiger partial charge in [0.2, 0.25) is 25.9 Å². The van der Waals surface area contributed by atoms with Crippen molar-refractivity contribution in [3.63, 3.8) is 0 Å². The fourth-order valence-electron chi connectivity index (χ4n) is 8.97. The highest BCUT2D eigenvalue weighted by atomic mass is 32.2. The number of hydrogen-bond donors (Lipinski definition) is 1. The van der Waals surface area contributed by atoms with Crippen LogP contribution in [0.5, 0.6) is 0 Å². The summed E-state index contributed by atoms with van der Waals surface area (Å²) in [5, 5.41) is 6.10. The molecule has 0 atom stereocenters. The molecule has 5 aromatic rings. The van der Waals surface area contributed by atoms with Crippen molar-refractivity contribution in [3.05, 3.63) is 120 Å². The third-order valence-electron chi connectivity index (χ3n) is 13.3. The average Bonchev–Trinajstić information content (AvgIpc) is 3.81. The molecule has 2 aliphatic carbocycles. The third kappa shape index (κ3) is 11.0. The predicted molar refractivity (Wildman–Crippen MR) is 248 cm³/mol. The molecular formula is C47H57F2N9O6S2. The highest BCUT2D eigenvalue weighted by molar-refractivity contribution is 7.93. The summed E-state index contributed by atoms with van der Waals surface area (Å²) < 4.78 is 88.3. The third-order valence-corrected chi connectivity index (χ3v) is 17.9. The lowest BCUT2D eigenvalue weighted by Crippen LogP contribution is -2.49. The van der Waals surface area contributed by atoms with Crippen molar-refractivity contribution < 1.29 is 34.8 Å². The molecule has 2 saturated carbocycles. The van der Waals surface area contributed by atoms with E-state index in [9.17, 15) is 30.4 Å². The number of rotatable bonds is 16. The van der Waals surface area contributed by atoms with E-state index >= 15 is 0 Å². The van der Waals surface area contributed by atoms with Gasteiger partial charge in [0.15, 0.2) is 5.78 Å². The molecule has 15 nitrogen and oxygen atoms in total. The van der Waals surface area contributed by atoms with Crippen molar-refractivity contribution >= 4 is 37.2 Å². The summed E-state index contributed by atoms with van der Waals surface area (Å²) >= 11 is 0. The summed E-state index contributed by atoms with van der Waals surface area (Å²) in [4.78, 5) is 25.3. The van der Waals surface area contributed by atoms with Gasteiger partial charge in [-0.15, -0.1) is 10.2 Å². The zero-order chi connectivity index (χ0) is 46.3. The van der Waals surface area contributed by atoms with E-state index in [1.807, 2.05) is 48.5 Å². The minimum atomic E-state index is -3.64. The second-order valence-electron chi connectivity index (χ2n) is 17.4. The van der Waals surface area contributed by atoms with Gasteiger partial charge in [0.05, 0.1) is 58.5 Å². The van der Waals surface area contributed by atoms with Crippen molar-refractivity contribution in [2.24, 2.45) is 5.73 Å². The number of halogens is 2. The van der Waals surface area contributed by atoms with Gasteiger partial charge in [0, 0.05) is 30.0 Å². The number of ketones is 1. The molecule has 19 heteroatoms. The Kier molecular flexibility index (Phi) is 15.2. The quantitative estimate of drug-likeness (QED) is 0.0997. The number of nitrogens with two attached hydrogens (primary N) is 1. The van der Waals surface area contributed by atoms with E-state index in [0.29, 0.717) is 71.7 Å². The van der Waals surface area contributed by atoms with Gasteiger partial charge in [-0.3, -0.25) is 23.4 Å². The fourth-order valence-corrected chi connectivity index (χ4v) is 12.8. The van der Waals surface area contributed by atoms with Crippen LogP contribution in [0.25, 0.3) is 11.5 Å². The number of nitrogens with zero attached hydrogens (tertiary/aromatic N) is 8. The number of pyridine rings is 2. The summed E-state index contributed by atoms with van der Waals surface area (Å²) in [7, 11) is -7.20. The van der Waals surface area contributed by atoms with Crippen molar-refractivity contribution in [2.75, 3.05) is 41.3 Å². The van der Waals surface area contributed by atoms with E-state index in [-0.39, 0.29) is 31.3 Å². The lowest BCUT2D eigenvalue weighted by molar-refractivity contribution is 0.100. The highest BCUT2D eigenvalue weighted by Gasteiger charge is 2.39. The first-order valence-corrected chi connectivity index (χ1v) is 25.8. The number of aromatic nitrogens is 4. The lowest BCUT2D eigenvalue weighted by atomic mass is 9.90. The molecule has 3 aromatic heterocycles. The van der Waals surface area contributed by atoms with Crippen LogP contribution in [0.15, 0.2) is 102 Å². The van der Waals surface area contributed by atoms with Crippen LogP contribution < -0.4 is 14.3 Å². The van der Waals surface area contributed by atoms with Gasteiger partial charge in [-0.05, 0) is 126 Å². The van der Waals surface area contributed by atoms with Crippen LogP contribution in [-0.2, 0) is 33.1 Å². The van der Waals surface area contributed by atoms with Gasteiger partial charge in [0.25, 0.3) is 5.89 Å². The number of anilines is 2. The molecule has 0 amide bonds. The number of piperidine rings is 2. The average molecular weight is 946 g/mol. The first-order valence-electron chi connectivity index (χ1n) is 22.8. The van der Waals surface area contributed by atoms with Gasteiger partial charge in [-0.2, -0.15) is 8.78 Å². The van der Waals surface area contributed by atoms with E-state index in [1.165, 1.54) is 59.5 Å². The van der Waals surface area contributed by atoms with Crippen molar-refractivity contribution in [2.45, 2.75) is 106 Å². The number of carbonyl (C=O) groups excluding carboxylic acids is 1. The Morgan fingerprint density at radius 2 is 1.12 bits per heavy atom. The Bertz CT molecular complexity index is 2570. The maximum atomic E-state index is 13.8. The van der Waals surface area contributed by atoms with E-state index in [4.69, 9.17) is 10.2 Å². The minimum Gasteiger partial charge on any atom is -0.415 e. The molecule has 0 radical (unpaired) electrons. The molecule has 352 valence electrons. The van der Waals surface area contributed by atoms with Crippen LogP contribution in [-0.4, -0.2) is 108 Å². The van der Waals surface area contributed by atoms with E-state index in [1.54, 1.807) is 36.4 Å². The fraction of sp³-hybridized carbons (Fsp3) is 0.468. The summed E-state index contributed by atoms with van der Waals surface area (Å²) in [5.41, 5.74) is 8.55. The molecule has 0 spiro atoms. The molecule has 5 heterocycles. The first kappa shape index (κ1) is 47.3. The van der Waals surface area contributed by atoms with Gasteiger partial charge >= 0.3 is 6.43 Å². The van der Waals surface area contributed by atoms with E-state index < -0.39 is 42.9 Å². The molecule has 4 aliphatic rings. The van der Waals surface area contributed by atoms with Crippen LogP contribution in [0.1, 0.15) is 98.3 Å². The Labute approximate surface area is 385 Å². The monoisotopic (exact) mass is 945 g/mol. The number of benzene rings is 2. The maximum absolute atomic E-state index is 13.8. The zero-order valence-corrected chi connectivity index (χ0v) is 38.5. The molecular weight excluding hydrogens is 889 g/mol. The number of sulfonamides is 2. The van der Waals surface area contributed by atoms with Crippen LogP contribution >= 0.6 is 0 Å². The molecule has 2 aromatic carbocycles. The Morgan fingerprint density at radius 1 is 0.652 bits per heavy atom. The van der Waals surface area contributed by atoms with Crippen molar-refractivity contribution in [3.8, 4) is 11.5 Å². The number of hydrogen-bond acceptors (Lipinski definition) is 13. The van der Waals surface area contributed by atoms with Crippen molar-refractivity contribution in [1.82, 2.24) is 30.0 Å². The first-order chi connectivity index (χ1) is 31.9. The second-order valence-corrected chi connectivity index (χ2v) is 21.6. The molecule has 0 unspecified atom stereocenters. The molecule has 4 fully saturated rings. The lowest BCUT2D eigenvalue weighted by Gasteiger charge is -2.42. The molecule has 2 N–H and O–H groups in total. The molecule has 2 saturated heterocycles. The molecule has 0 bridgehead atoms. The Hall–Kier alpha value is -5.21. The second kappa shape index (κ2) is 21.2. The van der Waals surface area contributed by atoms with E-state index in [2.05, 4.69) is 30.0 Å². The summed E-state index contributed by atoms with van der Waals surface area (Å²) in [5.74, 6) is -1.01. The summed E-state index contributed by atoms with van der Waals surface area (Å²) in [6.07, 6.45) is 10.0. The number of para-hydroxylation sites is 2. The minimum absolute atomic E-state index is 0.0571. The van der Waals surface area contributed by atoms with Crippen LogP contribution in [0, 0.1) is 0 Å². The van der Waals surface area contributed by atoms with E-state index in [0.717, 1.165) is 26.2 Å². The summed E-state index contributed by atoms with van der Waals surface area (Å²) in [6.45, 7) is 3.39. The van der Waals surface area contributed by atoms with Gasteiger partial charge in [-0.25, -0.2) is 16.8 Å². The SMILES string of the molecule is NCC(=O)c1ccc(CN(c2ccccc2)S(=O)(=O)C2CCN(C3CCC3)CC2)nc1.O=S(=O)(C1CCN(C2CCC2)CC1)N(Cc1ccc(-c2nnc(C(F)F)o2)cn1)c1ccccc1. The summed E-state index contributed by atoms with van der Waals surface area (Å²) in [6, 6.07) is 26.1. The van der Waals surface area contributed by atoms with Crippen LogP contribution in [0.3, 0.4) is 0 Å². The van der Waals surface area contributed by atoms with Gasteiger partial charge in [-0.1, -0.05) is 49.2 Å². The topological polar surface area (TPSA) is 189 Å². The molecule has 2 aliphatic heterocycles. The number of carbonyl (C=O) groups is 1. The van der Waals surface area contributed by atoms with Gasteiger partial charge in [0.1, 0.15) is 0 Å². The molecule has 9 rings (SSSR count). The van der Waals surface area contributed by atoms with Crippen LogP contribution in [0.2, 0.25) is 0 Å². The number of likely N-dealkylation sites (tertiary alicyclic amines) is 2. The predicted octanol–water partition coefficient (Wildman–Crippen LogP) is 7.00. The largest absolute Gasteiger partial charge is 0.415 e. The number of alkyl halides is 2. The normalized spacial score (nSPS) is 18.2.